The van der Waals surface area contributed by atoms with Crippen LogP contribution in [0.3, 0.4) is 0 Å². The molecule has 0 bridgehead atoms. The van der Waals surface area contributed by atoms with Gasteiger partial charge in [0.25, 0.3) is 11.1 Å². The summed E-state index contributed by atoms with van der Waals surface area (Å²) in [5, 5.41) is 9.73. The summed E-state index contributed by atoms with van der Waals surface area (Å²) in [6.45, 7) is 17.8. The van der Waals surface area contributed by atoms with Crippen molar-refractivity contribution in [3.05, 3.63) is 187 Å². The normalized spacial score (nSPS) is 12.2. The van der Waals surface area contributed by atoms with E-state index in [2.05, 4.69) is 77.9 Å². The zero-order chi connectivity index (χ0) is 56.7. The van der Waals surface area contributed by atoms with Crippen LogP contribution < -0.4 is 30.0 Å². The molecule has 17 heteroatoms. The summed E-state index contributed by atoms with van der Waals surface area (Å²) in [6.07, 6.45) is 4.74. The molecule has 0 aliphatic heterocycles. The van der Waals surface area contributed by atoms with Gasteiger partial charge in [0.2, 0.25) is 0 Å². The second kappa shape index (κ2) is 36.0. The number of aryl methyl sites for hydroxylation is 4. The average Bonchev–Trinajstić information content (AvgIpc) is 3.41. The summed E-state index contributed by atoms with van der Waals surface area (Å²) in [4.78, 5) is 82.0. The number of benzene rings is 4. The van der Waals surface area contributed by atoms with E-state index in [1.807, 2.05) is 113 Å². The number of aliphatic carboxylic acids is 1. The van der Waals surface area contributed by atoms with E-state index in [0.29, 0.717) is 25.9 Å². The molecule has 4 atom stereocenters. The van der Waals surface area contributed by atoms with Gasteiger partial charge in [-0.25, -0.2) is 0 Å². The van der Waals surface area contributed by atoms with E-state index in [1.165, 1.54) is 24.3 Å². The maximum absolute atomic E-state index is 14.0. The van der Waals surface area contributed by atoms with Gasteiger partial charge in [-0.3, -0.25) is 28.8 Å². The number of Topliss-reactive ketones (excluding diaryl/α,β-unsaturated/α-hetero) is 2. The van der Waals surface area contributed by atoms with Gasteiger partial charge in [0.15, 0.2) is 11.6 Å². The van der Waals surface area contributed by atoms with Crippen LogP contribution >= 0.6 is 27.0 Å². The zero-order valence-corrected chi connectivity index (χ0v) is 52.7. The van der Waals surface area contributed by atoms with E-state index < -0.39 is 24.0 Å². The Morgan fingerprint density at radius 1 is 0.524 bits per heavy atom. The summed E-state index contributed by atoms with van der Waals surface area (Å²) >= 11 is 0. The number of pyridine rings is 2. The van der Waals surface area contributed by atoms with Crippen LogP contribution in [0.15, 0.2) is 131 Å². The summed E-state index contributed by atoms with van der Waals surface area (Å²) in [7, 11) is 9.21. The van der Waals surface area contributed by atoms with Gasteiger partial charge in [0.05, 0.1) is 32.0 Å². The monoisotopic (exact) mass is 1160 g/mol. The molecular formula is C65H88LiN4O10S2-. The van der Waals surface area contributed by atoms with Crippen molar-refractivity contribution in [2.24, 2.45) is 11.8 Å². The molecule has 0 fully saturated rings. The fourth-order valence-corrected chi connectivity index (χ4v) is 10.5. The molecule has 442 valence electrons. The van der Waals surface area contributed by atoms with Crippen LogP contribution in [-0.4, -0.2) is 93.8 Å². The Hall–Kier alpha value is -5.80. The van der Waals surface area contributed by atoms with Crippen LogP contribution in [0.4, 0.5) is 0 Å². The van der Waals surface area contributed by atoms with Gasteiger partial charge in [-0.1, -0.05) is 125 Å². The number of nitrogens with zero attached hydrogens (tertiary/aromatic N) is 4. The second-order valence-electron chi connectivity index (χ2n) is 22.2. The number of esters is 1. The molecule has 0 amide bonds. The Bertz CT molecular complexity index is 3100. The van der Waals surface area contributed by atoms with Crippen molar-refractivity contribution in [1.82, 2.24) is 18.9 Å². The number of carbonyl (C=O) groups is 4. The molecule has 2 unspecified atom stereocenters. The van der Waals surface area contributed by atoms with Gasteiger partial charge in [-0.15, -0.1) is 0 Å². The van der Waals surface area contributed by atoms with Crippen molar-refractivity contribution in [3.63, 3.8) is 0 Å². The Labute approximate surface area is 512 Å². The fourth-order valence-electron chi connectivity index (χ4n) is 10.5. The van der Waals surface area contributed by atoms with Crippen molar-refractivity contribution in [3.8, 4) is 22.3 Å². The molecule has 0 spiro atoms. The molecule has 6 aromatic rings. The number of carboxylic acid groups (broad SMARTS) is 1. The van der Waals surface area contributed by atoms with Gasteiger partial charge in [0, 0.05) is 62.3 Å². The standard InChI is InChI=1S/C33H42N2O4.C32H40N2O4.Li.2H2O.2H2S/c1-22(2)16-29(35-21-25(20-34(5)6)14-15-31(35)37)30(36)18-28(19-32(38)39-7)26-12-9-13-27(17-26)33-23(3)10-8-11-24(33)4;1-21(2)15-28(34-20-24(19-33(5)6)13-14-30(34)36)29(35)17-27(18-31(37)38)25-11-8-12-26(16-25)32-22(3)9-7-10-23(32)4;;;;;/h8-15,17,21-22,28-29H,16,18-20H2,1-7H3;7-14,16,20-21,27-28H,15,17-19H2,1-6H3,(H,37,38);;4*1H2/q;;+1;;;;/p-2/t28-,29?;27-,28?;;;;;/m00...../s1. The Morgan fingerprint density at radius 2 is 0.866 bits per heavy atom. The molecule has 0 aliphatic carbocycles. The van der Waals surface area contributed by atoms with Crippen LogP contribution in [0.5, 0.6) is 0 Å². The van der Waals surface area contributed by atoms with E-state index in [0.717, 1.165) is 55.6 Å². The Kier molecular flexibility index (Phi) is 33.5. The van der Waals surface area contributed by atoms with Crippen LogP contribution in [0.2, 0.25) is 0 Å². The number of hydrogen-bond donors (Lipinski definition) is 1. The first-order chi connectivity index (χ1) is 36.4. The van der Waals surface area contributed by atoms with Crippen molar-refractivity contribution in [2.45, 2.75) is 131 Å². The third-order valence-corrected chi connectivity index (χ3v) is 14.0. The molecule has 4 aromatic carbocycles. The molecule has 14 nitrogen and oxygen atoms in total. The molecule has 0 radical (unpaired) electrons. The van der Waals surface area contributed by atoms with Crippen LogP contribution in [-0.2, 0) is 37.0 Å². The van der Waals surface area contributed by atoms with Crippen molar-refractivity contribution in [2.75, 3.05) is 35.3 Å². The first-order valence-electron chi connectivity index (χ1n) is 26.8. The minimum atomic E-state index is -0.953. The molecule has 3 N–H and O–H groups in total. The molecule has 2 heterocycles. The predicted octanol–water partition coefficient (Wildman–Crippen LogP) is 8.96. The number of ether oxygens (including phenoxy) is 1. The molecule has 82 heavy (non-hydrogen) atoms. The molecule has 0 aliphatic rings. The second-order valence-corrected chi connectivity index (χ2v) is 22.2. The molecule has 0 saturated heterocycles. The first kappa shape index (κ1) is 76.2. The molecule has 2 aromatic heterocycles. The number of hydrogen-bond acceptors (Lipinski definition) is 11. The topological polar surface area (TPSA) is 208 Å². The summed E-state index contributed by atoms with van der Waals surface area (Å²) < 4.78 is 8.14. The number of carbonyl (C=O) groups excluding carboxylic acids is 3. The average molecular weight is 1160 g/mol. The smallest absolute Gasteiger partial charge is 0.870 e. The van der Waals surface area contributed by atoms with E-state index in [1.54, 1.807) is 27.5 Å². The maximum atomic E-state index is 14.0. The number of methoxy groups -OCH3 is 1. The number of ketones is 2. The third-order valence-electron chi connectivity index (χ3n) is 14.0. The Morgan fingerprint density at radius 3 is 1.18 bits per heavy atom. The minimum Gasteiger partial charge on any atom is -0.870 e. The quantitative estimate of drug-likeness (QED) is 0.0445. The molecular weight excluding hydrogens is 1070 g/mol. The van der Waals surface area contributed by atoms with Crippen molar-refractivity contribution < 1.29 is 58.8 Å². The third kappa shape index (κ3) is 22.1. The van der Waals surface area contributed by atoms with Gasteiger partial charge in [0.1, 0.15) is 0 Å². The number of carboxylic acids is 1. The minimum absolute atomic E-state index is 0. The van der Waals surface area contributed by atoms with Crippen molar-refractivity contribution in [1.29, 1.82) is 0 Å². The number of rotatable bonds is 24. The van der Waals surface area contributed by atoms with Gasteiger partial charge in [-0.05, 0) is 147 Å². The van der Waals surface area contributed by atoms with Crippen LogP contribution in [0.25, 0.3) is 22.3 Å². The fraction of sp³-hybridized carbons (Fsp3) is 0.415. The predicted molar refractivity (Wildman–Crippen MR) is 334 cm³/mol. The van der Waals surface area contributed by atoms with E-state index in [4.69, 9.17) is 4.74 Å². The number of aromatic nitrogens is 2. The largest absolute Gasteiger partial charge is 1.00 e. The van der Waals surface area contributed by atoms with Gasteiger partial charge < -0.3 is 39.7 Å². The summed E-state index contributed by atoms with van der Waals surface area (Å²) in [5.74, 6) is -1.98. The molecule has 6 rings (SSSR count). The van der Waals surface area contributed by atoms with Crippen LogP contribution in [0, 0.1) is 39.5 Å². The van der Waals surface area contributed by atoms with E-state index in [-0.39, 0.29) is 129 Å². The van der Waals surface area contributed by atoms with Gasteiger partial charge in [-0.2, -0.15) is 27.0 Å². The van der Waals surface area contributed by atoms with E-state index >= 15 is 0 Å². The first-order valence-corrected chi connectivity index (χ1v) is 26.8. The van der Waals surface area contributed by atoms with Crippen molar-refractivity contribution >= 4 is 50.5 Å². The molecule has 0 saturated carbocycles. The summed E-state index contributed by atoms with van der Waals surface area (Å²) in [6, 6.07) is 33.7. The SMILES string of the molecule is COC(=O)C[C@H](CC(=O)C(CC(C)C)n1cc(CN(C)C)ccc1=O)c1cccc(-c2c(C)cccc2C)c1.Cc1cccc(C)c1-c1cccc([C@H](CC(=O)O)CC(=O)C(CC(C)C)n2cc(CN(C)C)ccc2=O)c1.S.S.[Li+].[OH-].[OH-]. The van der Waals surface area contributed by atoms with Crippen LogP contribution in [0.1, 0.15) is 135 Å². The maximum Gasteiger partial charge on any atom is 1.00 e. The summed E-state index contributed by atoms with van der Waals surface area (Å²) in [5.41, 5.74) is 12.2. The van der Waals surface area contributed by atoms with Gasteiger partial charge >= 0.3 is 30.8 Å². The zero-order valence-electron chi connectivity index (χ0n) is 50.7. The van der Waals surface area contributed by atoms with E-state index in [9.17, 15) is 33.9 Å². The Balaban J connectivity index is 0.00000151.